The molecule has 7 heteroatoms. The number of hydrogen-bond donors (Lipinski definition) is 2. The number of primary amides is 1. The van der Waals surface area contributed by atoms with Crippen molar-refractivity contribution in [1.82, 2.24) is 4.90 Å². The van der Waals surface area contributed by atoms with E-state index in [0.717, 1.165) is 19.4 Å². The number of carbonyl (C=O) groups is 2. The first-order valence-electron chi connectivity index (χ1n) is 6.71. The summed E-state index contributed by atoms with van der Waals surface area (Å²) in [6, 6.07) is 4.86. The number of nitrogens with two attached hydrogens (primary N) is 1. The number of halogens is 2. The number of nitrogens with zero attached hydrogens (tertiary/aromatic N) is 1. The second kappa shape index (κ2) is 7.11. The summed E-state index contributed by atoms with van der Waals surface area (Å²) < 4.78 is 0. The molecule has 1 aliphatic heterocycles. The van der Waals surface area contributed by atoms with Gasteiger partial charge in [-0.3, -0.25) is 14.5 Å². The number of piperidine rings is 1. The maximum atomic E-state index is 12.0. The number of rotatable bonds is 4. The molecule has 1 aromatic rings. The van der Waals surface area contributed by atoms with E-state index >= 15 is 0 Å². The first kappa shape index (κ1) is 16.1. The minimum atomic E-state index is -0.304. The Kier molecular flexibility index (Phi) is 5.45. The summed E-state index contributed by atoms with van der Waals surface area (Å²) in [7, 11) is 0. The predicted octanol–water partition coefficient (Wildman–Crippen LogP) is 2.13. The first-order valence-corrected chi connectivity index (χ1v) is 7.47. The molecule has 0 saturated carbocycles. The zero-order chi connectivity index (χ0) is 15.4. The van der Waals surface area contributed by atoms with Crippen molar-refractivity contribution in [2.75, 3.05) is 25.0 Å². The summed E-state index contributed by atoms with van der Waals surface area (Å²) in [6.07, 6.45) is 1.65. The summed E-state index contributed by atoms with van der Waals surface area (Å²) in [4.78, 5) is 25.2. The Hall–Kier alpha value is -1.30. The van der Waals surface area contributed by atoms with Crippen LogP contribution in [-0.4, -0.2) is 36.3 Å². The lowest BCUT2D eigenvalue weighted by Gasteiger charge is -2.30. The van der Waals surface area contributed by atoms with Crippen LogP contribution in [0.4, 0.5) is 5.69 Å². The Bertz CT molecular complexity index is 531. The van der Waals surface area contributed by atoms with Crippen molar-refractivity contribution < 1.29 is 9.59 Å². The van der Waals surface area contributed by atoms with Gasteiger partial charge in [-0.25, -0.2) is 0 Å². The molecule has 0 radical (unpaired) electrons. The van der Waals surface area contributed by atoms with Gasteiger partial charge < -0.3 is 11.1 Å². The Labute approximate surface area is 133 Å². The molecule has 21 heavy (non-hydrogen) atoms. The molecule has 0 aliphatic carbocycles. The molecule has 5 nitrogen and oxygen atoms in total. The van der Waals surface area contributed by atoms with Crippen LogP contribution in [0.3, 0.4) is 0 Å². The van der Waals surface area contributed by atoms with Gasteiger partial charge in [-0.2, -0.15) is 0 Å². The molecule has 1 heterocycles. The van der Waals surface area contributed by atoms with Crippen LogP contribution in [0.5, 0.6) is 0 Å². The Morgan fingerprint density at radius 1 is 1.29 bits per heavy atom. The monoisotopic (exact) mass is 329 g/mol. The Balaban J connectivity index is 1.90. The minimum absolute atomic E-state index is 0.168. The number of carbonyl (C=O) groups excluding carboxylic acids is 2. The number of benzene rings is 1. The van der Waals surface area contributed by atoms with Crippen LogP contribution < -0.4 is 11.1 Å². The van der Waals surface area contributed by atoms with Crippen molar-refractivity contribution in [3.8, 4) is 0 Å². The molecule has 1 aliphatic rings. The summed E-state index contributed by atoms with van der Waals surface area (Å²) in [5, 5.41) is 3.67. The van der Waals surface area contributed by atoms with E-state index in [4.69, 9.17) is 28.9 Å². The lowest BCUT2D eigenvalue weighted by atomic mass is 9.97. The fourth-order valence-electron chi connectivity index (χ4n) is 2.46. The SMILES string of the molecule is NC(=O)[C@@H]1CCCN(CC(=O)Nc2cc(Cl)cc(Cl)c2)C1. The zero-order valence-electron chi connectivity index (χ0n) is 11.4. The molecule has 2 amide bonds. The van der Waals surface area contributed by atoms with Gasteiger partial charge in [0.15, 0.2) is 0 Å². The smallest absolute Gasteiger partial charge is 0.238 e. The third kappa shape index (κ3) is 4.88. The van der Waals surface area contributed by atoms with Crippen LogP contribution in [-0.2, 0) is 9.59 Å². The summed E-state index contributed by atoms with van der Waals surface area (Å²) >= 11 is 11.8. The van der Waals surface area contributed by atoms with Crippen molar-refractivity contribution in [2.24, 2.45) is 11.7 Å². The fraction of sp³-hybridized carbons (Fsp3) is 0.429. The molecule has 0 aromatic heterocycles. The quantitative estimate of drug-likeness (QED) is 0.888. The lowest BCUT2D eigenvalue weighted by molar-refractivity contribution is -0.125. The molecule has 3 N–H and O–H groups in total. The van der Waals surface area contributed by atoms with Crippen molar-refractivity contribution in [3.63, 3.8) is 0 Å². The number of anilines is 1. The van der Waals surface area contributed by atoms with E-state index in [1.165, 1.54) is 0 Å². The van der Waals surface area contributed by atoms with Crippen LogP contribution in [0.1, 0.15) is 12.8 Å². The Morgan fingerprint density at radius 3 is 2.57 bits per heavy atom. The van der Waals surface area contributed by atoms with Gasteiger partial charge in [0.1, 0.15) is 0 Å². The van der Waals surface area contributed by atoms with Crippen molar-refractivity contribution >= 4 is 40.7 Å². The molecule has 1 aromatic carbocycles. The largest absolute Gasteiger partial charge is 0.369 e. The van der Waals surface area contributed by atoms with Crippen LogP contribution in [0.2, 0.25) is 10.0 Å². The highest BCUT2D eigenvalue weighted by Crippen LogP contribution is 2.22. The summed E-state index contributed by atoms with van der Waals surface area (Å²) in [5.41, 5.74) is 5.88. The maximum Gasteiger partial charge on any atom is 0.238 e. The van der Waals surface area contributed by atoms with Crippen LogP contribution in [0.25, 0.3) is 0 Å². The highest BCUT2D eigenvalue weighted by molar-refractivity contribution is 6.35. The number of likely N-dealkylation sites (tertiary alicyclic amines) is 1. The van der Waals surface area contributed by atoms with Crippen LogP contribution in [0.15, 0.2) is 18.2 Å². The normalized spacial score (nSPS) is 19.2. The van der Waals surface area contributed by atoms with Crippen molar-refractivity contribution in [2.45, 2.75) is 12.8 Å². The summed E-state index contributed by atoms with van der Waals surface area (Å²) in [6.45, 7) is 1.53. The highest BCUT2D eigenvalue weighted by Gasteiger charge is 2.25. The lowest BCUT2D eigenvalue weighted by Crippen LogP contribution is -2.44. The van der Waals surface area contributed by atoms with E-state index in [9.17, 15) is 9.59 Å². The van der Waals surface area contributed by atoms with E-state index in [0.29, 0.717) is 22.3 Å². The fourth-order valence-corrected chi connectivity index (χ4v) is 2.99. The van der Waals surface area contributed by atoms with E-state index < -0.39 is 0 Å². The second-order valence-corrected chi connectivity index (χ2v) is 6.06. The highest BCUT2D eigenvalue weighted by atomic mass is 35.5. The van der Waals surface area contributed by atoms with Crippen LogP contribution >= 0.6 is 23.2 Å². The van der Waals surface area contributed by atoms with Gasteiger partial charge in [0.05, 0.1) is 12.5 Å². The third-order valence-corrected chi connectivity index (χ3v) is 3.86. The van der Waals surface area contributed by atoms with E-state index in [1.54, 1.807) is 18.2 Å². The van der Waals surface area contributed by atoms with Crippen molar-refractivity contribution in [1.29, 1.82) is 0 Å². The first-order chi connectivity index (χ1) is 9.94. The second-order valence-electron chi connectivity index (χ2n) is 5.18. The van der Waals surface area contributed by atoms with Gasteiger partial charge in [0.2, 0.25) is 11.8 Å². The molecular weight excluding hydrogens is 313 g/mol. The summed E-state index contributed by atoms with van der Waals surface area (Å²) in [5.74, 6) is -0.646. The average molecular weight is 330 g/mol. The standard InChI is InChI=1S/C14H17Cl2N3O2/c15-10-4-11(16)6-12(5-10)18-13(20)8-19-3-1-2-9(7-19)14(17)21/h4-6,9H,1-3,7-8H2,(H2,17,21)(H,18,20)/t9-/m1/s1. The van der Waals surface area contributed by atoms with E-state index in [-0.39, 0.29) is 24.3 Å². The van der Waals surface area contributed by atoms with Gasteiger partial charge in [-0.05, 0) is 37.6 Å². The Morgan fingerprint density at radius 2 is 1.95 bits per heavy atom. The molecule has 1 fully saturated rings. The predicted molar refractivity (Wildman–Crippen MR) is 83.5 cm³/mol. The minimum Gasteiger partial charge on any atom is -0.369 e. The molecule has 2 rings (SSSR count). The molecule has 0 bridgehead atoms. The number of nitrogens with one attached hydrogen (secondary N) is 1. The van der Waals surface area contributed by atoms with Gasteiger partial charge >= 0.3 is 0 Å². The van der Waals surface area contributed by atoms with E-state index in [1.807, 2.05) is 4.90 Å². The van der Waals surface area contributed by atoms with Crippen LogP contribution in [0, 0.1) is 5.92 Å². The third-order valence-electron chi connectivity index (χ3n) is 3.42. The molecule has 114 valence electrons. The van der Waals surface area contributed by atoms with Gasteiger partial charge in [0.25, 0.3) is 0 Å². The molecular formula is C14H17Cl2N3O2. The number of amides is 2. The van der Waals surface area contributed by atoms with E-state index in [2.05, 4.69) is 5.32 Å². The zero-order valence-corrected chi connectivity index (χ0v) is 13.0. The molecule has 0 unspecified atom stereocenters. The van der Waals surface area contributed by atoms with Gasteiger partial charge in [-0.15, -0.1) is 0 Å². The molecule has 1 saturated heterocycles. The van der Waals surface area contributed by atoms with Gasteiger partial charge in [0, 0.05) is 22.3 Å². The maximum absolute atomic E-state index is 12.0. The number of hydrogen-bond acceptors (Lipinski definition) is 3. The van der Waals surface area contributed by atoms with Gasteiger partial charge in [-0.1, -0.05) is 23.2 Å². The van der Waals surface area contributed by atoms with Crippen molar-refractivity contribution in [3.05, 3.63) is 28.2 Å². The molecule has 0 spiro atoms. The average Bonchev–Trinajstić information content (AvgIpc) is 2.37. The topological polar surface area (TPSA) is 75.4 Å². The molecule has 1 atom stereocenters.